The highest BCUT2D eigenvalue weighted by atomic mass is 32.2. The van der Waals surface area contributed by atoms with Gasteiger partial charge in [0, 0.05) is 11.3 Å². The summed E-state index contributed by atoms with van der Waals surface area (Å²) in [6, 6.07) is 0.690. The first kappa shape index (κ1) is 14.4. The quantitative estimate of drug-likeness (QED) is 0.785. The van der Waals surface area contributed by atoms with Gasteiger partial charge in [0.25, 0.3) is 0 Å². The van der Waals surface area contributed by atoms with Crippen LogP contribution in [0, 0.1) is 11.3 Å². The molecular formula is C14H29NS. The Balaban J connectivity index is 2.50. The second-order valence-corrected chi connectivity index (χ2v) is 7.30. The number of hydrogen-bond acceptors (Lipinski definition) is 2. The van der Waals surface area contributed by atoms with Gasteiger partial charge in [0.15, 0.2) is 0 Å². The van der Waals surface area contributed by atoms with Gasteiger partial charge in [-0.25, -0.2) is 0 Å². The van der Waals surface area contributed by atoms with Gasteiger partial charge in [-0.15, -0.1) is 0 Å². The molecule has 0 radical (unpaired) electrons. The Morgan fingerprint density at radius 2 is 2.12 bits per heavy atom. The van der Waals surface area contributed by atoms with Crippen LogP contribution in [0.1, 0.15) is 53.4 Å². The van der Waals surface area contributed by atoms with Crippen LogP contribution in [-0.2, 0) is 0 Å². The molecule has 1 aliphatic carbocycles. The monoisotopic (exact) mass is 243 g/mol. The van der Waals surface area contributed by atoms with E-state index in [9.17, 15) is 0 Å². The van der Waals surface area contributed by atoms with E-state index in [2.05, 4.69) is 51.8 Å². The molecule has 1 aliphatic rings. The van der Waals surface area contributed by atoms with Crippen LogP contribution in [0.15, 0.2) is 0 Å². The fourth-order valence-electron chi connectivity index (χ4n) is 2.75. The molecule has 16 heavy (non-hydrogen) atoms. The Labute approximate surface area is 106 Å². The van der Waals surface area contributed by atoms with Crippen molar-refractivity contribution in [1.29, 1.82) is 0 Å². The number of thioether (sulfide) groups is 1. The summed E-state index contributed by atoms with van der Waals surface area (Å²) in [5.74, 6) is 2.20. The molecule has 0 saturated heterocycles. The van der Waals surface area contributed by atoms with Gasteiger partial charge in [0.1, 0.15) is 0 Å². The molecule has 2 heteroatoms. The van der Waals surface area contributed by atoms with E-state index in [0.29, 0.717) is 11.5 Å². The van der Waals surface area contributed by atoms with E-state index in [-0.39, 0.29) is 0 Å². The topological polar surface area (TPSA) is 12.0 Å². The Bertz CT molecular complexity index is 203. The Hall–Kier alpha value is 0.310. The average Bonchev–Trinajstić information content (AvgIpc) is 2.24. The van der Waals surface area contributed by atoms with Gasteiger partial charge in [-0.2, -0.15) is 11.8 Å². The third kappa shape index (κ3) is 3.66. The van der Waals surface area contributed by atoms with Crippen molar-refractivity contribution in [3.8, 4) is 0 Å². The minimum absolute atomic E-state index is 0.472. The van der Waals surface area contributed by atoms with Crippen molar-refractivity contribution in [2.45, 2.75) is 64.7 Å². The number of hydrogen-bond donors (Lipinski definition) is 1. The summed E-state index contributed by atoms with van der Waals surface area (Å²) in [5.41, 5.74) is 0.472. The van der Waals surface area contributed by atoms with E-state index in [1.54, 1.807) is 0 Å². The van der Waals surface area contributed by atoms with E-state index in [0.717, 1.165) is 11.2 Å². The predicted molar refractivity (Wildman–Crippen MR) is 76.2 cm³/mol. The summed E-state index contributed by atoms with van der Waals surface area (Å²) < 4.78 is 0. The molecule has 0 amide bonds. The van der Waals surface area contributed by atoms with Crippen LogP contribution in [0.4, 0.5) is 0 Å². The van der Waals surface area contributed by atoms with Crippen molar-refractivity contribution in [1.82, 2.24) is 5.32 Å². The van der Waals surface area contributed by atoms with Gasteiger partial charge in [-0.3, -0.25) is 0 Å². The lowest BCUT2D eigenvalue weighted by molar-refractivity contribution is 0.182. The van der Waals surface area contributed by atoms with Gasteiger partial charge in [-0.1, -0.05) is 40.5 Å². The third-order valence-electron chi connectivity index (χ3n) is 4.13. The van der Waals surface area contributed by atoms with E-state index >= 15 is 0 Å². The minimum atomic E-state index is 0.472. The third-order valence-corrected chi connectivity index (χ3v) is 5.82. The first-order valence-electron chi connectivity index (χ1n) is 6.80. The van der Waals surface area contributed by atoms with E-state index in [1.807, 2.05) is 0 Å². The zero-order chi connectivity index (χ0) is 12.2. The molecule has 0 aromatic carbocycles. The zero-order valence-electron chi connectivity index (χ0n) is 11.7. The van der Waals surface area contributed by atoms with E-state index in [4.69, 9.17) is 0 Å². The molecule has 0 aliphatic heterocycles. The maximum Gasteiger partial charge on any atom is 0.0234 e. The van der Waals surface area contributed by atoms with Crippen molar-refractivity contribution in [2.24, 2.45) is 11.3 Å². The normalized spacial score (nSPS) is 31.3. The van der Waals surface area contributed by atoms with Crippen LogP contribution in [0.5, 0.6) is 0 Å². The Morgan fingerprint density at radius 3 is 2.69 bits per heavy atom. The second kappa shape index (κ2) is 6.30. The summed E-state index contributed by atoms with van der Waals surface area (Å²) in [7, 11) is 2.13. The molecule has 3 unspecified atom stereocenters. The van der Waals surface area contributed by atoms with Gasteiger partial charge in [-0.05, 0) is 37.0 Å². The van der Waals surface area contributed by atoms with Crippen LogP contribution >= 0.6 is 11.8 Å². The van der Waals surface area contributed by atoms with Crippen molar-refractivity contribution < 1.29 is 0 Å². The van der Waals surface area contributed by atoms with Crippen LogP contribution in [0.25, 0.3) is 0 Å². The SMILES string of the molecule is CCC(C)CSC1CCCC(C)(C)C1NC. The molecule has 0 aromatic heterocycles. The summed E-state index contributed by atoms with van der Waals surface area (Å²) in [6.45, 7) is 9.51. The highest BCUT2D eigenvalue weighted by Crippen LogP contribution is 2.40. The minimum Gasteiger partial charge on any atom is -0.315 e. The highest BCUT2D eigenvalue weighted by molar-refractivity contribution is 7.99. The van der Waals surface area contributed by atoms with Gasteiger partial charge in [0.05, 0.1) is 0 Å². The molecule has 1 fully saturated rings. The standard InChI is InChI=1S/C14H29NS/c1-6-11(2)10-16-12-8-7-9-14(3,4)13(12)15-5/h11-13,15H,6-10H2,1-5H3. The van der Waals surface area contributed by atoms with Crippen LogP contribution < -0.4 is 5.32 Å². The van der Waals surface area contributed by atoms with Gasteiger partial charge in [0.2, 0.25) is 0 Å². The maximum absolute atomic E-state index is 3.57. The Morgan fingerprint density at radius 1 is 1.44 bits per heavy atom. The van der Waals surface area contributed by atoms with Crippen molar-refractivity contribution in [3.63, 3.8) is 0 Å². The molecule has 1 rings (SSSR count). The van der Waals surface area contributed by atoms with E-state index in [1.165, 1.54) is 31.4 Å². The molecule has 0 spiro atoms. The fourth-order valence-corrected chi connectivity index (χ4v) is 4.59. The van der Waals surface area contributed by atoms with Crippen LogP contribution in [0.3, 0.4) is 0 Å². The van der Waals surface area contributed by atoms with Crippen molar-refractivity contribution in [3.05, 3.63) is 0 Å². The zero-order valence-corrected chi connectivity index (χ0v) is 12.5. The highest BCUT2D eigenvalue weighted by Gasteiger charge is 2.38. The van der Waals surface area contributed by atoms with E-state index < -0.39 is 0 Å². The average molecular weight is 243 g/mol. The fraction of sp³-hybridized carbons (Fsp3) is 1.00. The summed E-state index contributed by atoms with van der Waals surface area (Å²) >= 11 is 2.20. The summed E-state index contributed by atoms with van der Waals surface area (Å²) in [4.78, 5) is 0. The number of rotatable bonds is 5. The lowest BCUT2D eigenvalue weighted by Crippen LogP contribution is -2.50. The summed E-state index contributed by atoms with van der Waals surface area (Å²) in [5, 5.41) is 4.39. The Kier molecular flexibility index (Phi) is 5.66. The van der Waals surface area contributed by atoms with Crippen LogP contribution in [-0.4, -0.2) is 24.1 Å². The first-order valence-corrected chi connectivity index (χ1v) is 7.85. The molecule has 3 atom stereocenters. The molecule has 0 aromatic rings. The van der Waals surface area contributed by atoms with Crippen LogP contribution in [0.2, 0.25) is 0 Å². The first-order chi connectivity index (χ1) is 7.51. The maximum atomic E-state index is 3.57. The lowest BCUT2D eigenvalue weighted by Gasteiger charge is -2.44. The van der Waals surface area contributed by atoms with Crippen molar-refractivity contribution in [2.75, 3.05) is 12.8 Å². The predicted octanol–water partition coefficient (Wildman–Crippen LogP) is 3.93. The summed E-state index contributed by atoms with van der Waals surface area (Å²) in [6.07, 6.45) is 5.49. The largest absolute Gasteiger partial charge is 0.315 e. The second-order valence-electron chi connectivity index (χ2n) is 6.03. The molecule has 1 saturated carbocycles. The molecular weight excluding hydrogens is 214 g/mol. The molecule has 0 bridgehead atoms. The lowest BCUT2D eigenvalue weighted by atomic mass is 9.73. The van der Waals surface area contributed by atoms with Gasteiger partial charge < -0.3 is 5.32 Å². The van der Waals surface area contributed by atoms with Gasteiger partial charge >= 0.3 is 0 Å². The molecule has 96 valence electrons. The van der Waals surface area contributed by atoms with Crippen molar-refractivity contribution >= 4 is 11.8 Å². The molecule has 1 nitrogen and oxygen atoms in total. The molecule has 0 heterocycles. The molecule has 1 N–H and O–H groups in total. The smallest absolute Gasteiger partial charge is 0.0234 e. The number of nitrogens with one attached hydrogen (secondary N) is 1.